The van der Waals surface area contributed by atoms with Crippen molar-refractivity contribution in [2.45, 2.75) is 48.1 Å². The van der Waals surface area contributed by atoms with Crippen molar-refractivity contribution in [2.24, 2.45) is 11.5 Å². The summed E-state index contributed by atoms with van der Waals surface area (Å²) in [7, 11) is -3.76. The quantitative estimate of drug-likeness (QED) is 0.227. The maximum absolute atomic E-state index is 12.6. The maximum Gasteiger partial charge on any atom is 0.255 e. The number of carbonyl (C=O) groups excluding carboxylic acids is 2. The number of nitrogens with one attached hydrogen (secondary N) is 2. The van der Waals surface area contributed by atoms with Crippen molar-refractivity contribution in [3.8, 4) is 0 Å². The van der Waals surface area contributed by atoms with Crippen LogP contribution >= 0.6 is 23.1 Å². The van der Waals surface area contributed by atoms with Crippen LogP contribution in [0.1, 0.15) is 24.8 Å². The Bertz CT molecular complexity index is 1110. The van der Waals surface area contributed by atoms with Crippen molar-refractivity contribution in [3.05, 3.63) is 48.0 Å². The molecule has 0 radical (unpaired) electrons. The van der Waals surface area contributed by atoms with E-state index in [2.05, 4.69) is 10.0 Å². The molecule has 1 aromatic heterocycles. The summed E-state index contributed by atoms with van der Waals surface area (Å²) in [6.07, 6.45) is 0.511. The molecule has 0 saturated carbocycles. The molecular weight excluding hydrogens is 522 g/mol. The van der Waals surface area contributed by atoms with Crippen LogP contribution in [0.3, 0.4) is 0 Å². The number of aliphatic hydroxyl groups excluding tert-OH is 1. The summed E-state index contributed by atoms with van der Waals surface area (Å²) < 4.78 is 27.7. The van der Waals surface area contributed by atoms with Gasteiger partial charge in [-0.2, -0.15) is 0 Å². The average Bonchev–Trinajstić information content (AvgIpc) is 3.56. The number of rotatable bonds is 13. The first-order valence-electron chi connectivity index (χ1n) is 11.7. The lowest BCUT2D eigenvalue weighted by Crippen LogP contribution is -2.44. The van der Waals surface area contributed by atoms with E-state index in [1.165, 1.54) is 12.1 Å². The number of unbranched alkanes of at least 4 members (excludes halogenated alkanes) is 1. The number of benzene rings is 1. The predicted molar refractivity (Wildman–Crippen MR) is 143 cm³/mol. The van der Waals surface area contributed by atoms with Gasteiger partial charge < -0.3 is 26.8 Å². The monoisotopic (exact) mass is 555 g/mol. The van der Waals surface area contributed by atoms with Crippen LogP contribution in [0, 0.1) is 0 Å². The SMILES string of the molecule is NC(CCCCNS(=O)(=O)c1ccc(NC(=O)C(O)C(N)Cc2ccccc2)s1)C(=O)N1CCSC1. The number of aliphatic hydroxyl groups is 1. The highest BCUT2D eigenvalue weighted by atomic mass is 32.2. The van der Waals surface area contributed by atoms with Gasteiger partial charge in [-0.25, -0.2) is 13.1 Å². The van der Waals surface area contributed by atoms with E-state index >= 15 is 0 Å². The number of carbonyl (C=O) groups is 2. The minimum Gasteiger partial charge on any atom is -0.382 e. The summed E-state index contributed by atoms with van der Waals surface area (Å²) in [5.74, 6) is 0.849. The van der Waals surface area contributed by atoms with Gasteiger partial charge in [-0.3, -0.25) is 9.59 Å². The van der Waals surface area contributed by atoms with Gasteiger partial charge in [-0.1, -0.05) is 36.8 Å². The number of nitrogens with two attached hydrogens (primary N) is 2. The number of hydrogen-bond acceptors (Lipinski definition) is 9. The number of anilines is 1. The zero-order valence-corrected chi connectivity index (χ0v) is 22.3. The van der Waals surface area contributed by atoms with Crippen molar-refractivity contribution in [1.29, 1.82) is 0 Å². The molecule has 3 atom stereocenters. The largest absolute Gasteiger partial charge is 0.382 e. The third kappa shape index (κ3) is 8.26. The van der Waals surface area contributed by atoms with E-state index in [0.717, 1.165) is 29.2 Å². The minimum atomic E-state index is -3.76. The summed E-state index contributed by atoms with van der Waals surface area (Å²) in [4.78, 5) is 26.4. The Morgan fingerprint density at radius 2 is 1.86 bits per heavy atom. The number of thioether (sulfide) groups is 1. The Kier molecular flexibility index (Phi) is 10.7. The molecule has 198 valence electrons. The van der Waals surface area contributed by atoms with Crippen LogP contribution in [0.15, 0.2) is 46.7 Å². The van der Waals surface area contributed by atoms with Gasteiger partial charge in [0.05, 0.1) is 16.9 Å². The molecule has 1 aliphatic rings. The molecule has 1 aromatic carbocycles. The Labute approximate surface area is 219 Å². The van der Waals surface area contributed by atoms with Crippen molar-refractivity contribution in [3.63, 3.8) is 0 Å². The topological polar surface area (TPSA) is 168 Å². The molecule has 0 aliphatic carbocycles. The molecule has 3 rings (SSSR count). The van der Waals surface area contributed by atoms with Gasteiger partial charge in [0, 0.05) is 24.9 Å². The number of thiophene rings is 1. The van der Waals surface area contributed by atoms with Gasteiger partial charge >= 0.3 is 0 Å². The van der Waals surface area contributed by atoms with Crippen molar-refractivity contribution >= 4 is 49.9 Å². The third-order valence-corrected chi connectivity index (χ3v) is 9.62. The Morgan fingerprint density at radius 1 is 1.11 bits per heavy atom. The van der Waals surface area contributed by atoms with Crippen LogP contribution in [0.5, 0.6) is 0 Å². The molecule has 2 heterocycles. The molecule has 1 aliphatic heterocycles. The fourth-order valence-electron chi connectivity index (χ4n) is 3.63. The lowest BCUT2D eigenvalue weighted by molar-refractivity contribution is -0.131. The minimum absolute atomic E-state index is 0.0410. The molecule has 1 saturated heterocycles. The summed E-state index contributed by atoms with van der Waals surface area (Å²) in [5.41, 5.74) is 12.9. The van der Waals surface area contributed by atoms with Crippen molar-refractivity contribution in [2.75, 3.05) is 30.0 Å². The highest BCUT2D eigenvalue weighted by molar-refractivity contribution is 7.99. The van der Waals surface area contributed by atoms with Gasteiger partial charge in [0.2, 0.25) is 15.9 Å². The molecule has 36 heavy (non-hydrogen) atoms. The first kappa shape index (κ1) is 28.6. The second kappa shape index (κ2) is 13.5. The fraction of sp³-hybridized carbons (Fsp3) is 0.478. The smallest absolute Gasteiger partial charge is 0.255 e. The average molecular weight is 556 g/mol. The zero-order chi connectivity index (χ0) is 26.1. The lowest BCUT2D eigenvalue weighted by atomic mass is 10.0. The van der Waals surface area contributed by atoms with Crippen LogP contribution in [0.4, 0.5) is 5.00 Å². The fourth-order valence-corrected chi connectivity index (χ4v) is 6.92. The molecule has 13 heteroatoms. The Morgan fingerprint density at radius 3 is 2.56 bits per heavy atom. The standard InChI is InChI=1S/C23H33N5O5S3/c24-17(23(31)28-12-13-34-15-28)8-4-5-11-26-36(32,33)20-10-9-19(35-20)27-22(30)21(29)18(25)14-16-6-2-1-3-7-16/h1-3,6-7,9-10,17-18,21,26,29H,4-5,8,11-15,24-25H2,(H,27,30). The van der Waals surface area contributed by atoms with Crippen molar-refractivity contribution < 1.29 is 23.1 Å². The van der Waals surface area contributed by atoms with Crippen LogP contribution < -0.4 is 21.5 Å². The lowest BCUT2D eigenvalue weighted by Gasteiger charge is -2.19. The number of amides is 2. The number of nitrogens with zero attached hydrogens (tertiary/aromatic N) is 1. The second-order valence-electron chi connectivity index (χ2n) is 8.55. The number of sulfonamides is 1. The molecule has 3 unspecified atom stereocenters. The van der Waals surface area contributed by atoms with E-state index < -0.39 is 34.1 Å². The van der Waals surface area contributed by atoms with Gasteiger partial charge in [0.25, 0.3) is 5.91 Å². The van der Waals surface area contributed by atoms with Crippen LogP contribution in [-0.2, 0) is 26.0 Å². The third-order valence-electron chi connectivity index (χ3n) is 5.70. The van der Waals surface area contributed by atoms with Gasteiger partial charge in [0.1, 0.15) is 10.3 Å². The van der Waals surface area contributed by atoms with E-state index in [-0.39, 0.29) is 21.7 Å². The van der Waals surface area contributed by atoms with Gasteiger partial charge in [-0.05, 0) is 37.0 Å². The predicted octanol–water partition coefficient (Wildman–Crippen LogP) is 0.926. The van der Waals surface area contributed by atoms with Crippen LogP contribution in [-0.4, -0.2) is 73.1 Å². The van der Waals surface area contributed by atoms with Gasteiger partial charge in [0.15, 0.2) is 0 Å². The van der Waals surface area contributed by atoms with Crippen LogP contribution in [0.2, 0.25) is 0 Å². The van der Waals surface area contributed by atoms with E-state index in [4.69, 9.17) is 11.5 Å². The Hall–Kier alpha value is -2.00. The molecular formula is C23H33N5O5S3. The van der Waals surface area contributed by atoms with E-state index in [1.807, 2.05) is 30.3 Å². The summed E-state index contributed by atoms with van der Waals surface area (Å²) in [5, 5.41) is 13.1. The molecule has 0 bridgehead atoms. The normalized spacial score (nSPS) is 16.5. The van der Waals surface area contributed by atoms with Crippen molar-refractivity contribution in [1.82, 2.24) is 9.62 Å². The second-order valence-corrected chi connectivity index (χ2v) is 12.7. The van der Waals surface area contributed by atoms with E-state index in [9.17, 15) is 23.1 Å². The summed E-state index contributed by atoms with van der Waals surface area (Å²) in [6.45, 7) is 0.926. The zero-order valence-electron chi connectivity index (χ0n) is 19.8. The molecule has 2 amide bonds. The molecule has 1 fully saturated rings. The molecule has 0 spiro atoms. The maximum atomic E-state index is 12.6. The van der Waals surface area contributed by atoms with E-state index in [1.54, 1.807) is 16.7 Å². The van der Waals surface area contributed by atoms with E-state index in [0.29, 0.717) is 31.6 Å². The van der Waals surface area contributed by atoms with Gasteiger partial charge in [-0.15, -0.1) is 23.1 Å². The first-order chi connectivity index (χ1) is 17.2. The first-order valence-corrected chi connectivity index (χ1v) is 15.1. The Balaban J connectivity index is 1.41. The highest BCUT2D eigenvalue weighted by Crippen LogP contribution is 2.26. The number of hydrogen-bond donors (Lipinski definition) is 5. The molecule has 7 N–H and O–H groups in total. The molecule has 2 aromatic rings. The molecule has 10 nitrogen and oxygen atoms in total. The highest BCUT2D eigenvalue weighted by Gasteiger charge is 2.25. The van der Waals surface area contributed by atoms with Crippen LogP contribution in [0.25, 0.3) is 0 Å². The summed E-state index contributed by atoms with van der Waals surface area (Å²) in [6, 6.07) is 10.8. The summed E-state index contributed by atoms with van der Waals surface area (Å²) >= 11 is 2.58.